The number of amides is 2. The SMILES string of the molecule is CC(C)N1OC(c2ccccc2)NC1=O. The summed E-state index contributed by atoms with van der Waals surface area (Å²) in [6, 6.07) is 9.48. The highest BCUT2D eigenvalue weighted by molar-refractivity contribution is 5.75. The number of nitrogens with zero attached hydrogens (tertiary/aromatic N) is 1. The van der Waals surface area contributed by atoms with Crippen molar-refractivity contribution in [2.75, 3.05) is 0 Å². The van der Waals surface area contributed by atoms with E-state index >= 15 is 0 Å². The van der Waals surface area contributed by atoms with Crippen LogP contribution in [0.4, 0.5) is 4.79 Å². The van der Waals surface area contributed by atoms with Gasteiger partial charge >= 0.3 is 6.03 Å². The number of hydrogen-bond donors (Lipinski definition) is 1. The van der Waals surface area contributed by atoms with E-state index in [-0.39, 0.29) is 18.3 Å². The molecule has 2 rings (SSSR count). The van der Waals surface area contributed by atoms with Gasteiger partial charge < -0.3 is 5.32 Å². The Morgan fingerprint density at radius 3 is 2.53 bits per heavy atom. The van der Waals surface area contributed by atoms with Crippen LogP contribution in [0.2, 0.25) is 0 Å². The highest BCUT2D eigenvalue weighted by Crippen LogP contribution is 2.22. The number of rotatable bonds is 2. The van der Waals surface area contributed by atoms with Crippen molar-refractivity contribution in [3.05, 3.63) is 35.9 Å². The first kappa shape index (κ1) is 9.98. The van der Waals surface area contributed by atoms with Crippen molar-refractivity contribution in [2.24, 2.45) is 0 Å². The van der Waals surface area contributed by atoms with Gasteiger partial charge in [-0.3, -0.25) is 0 Å². The maximum absolute atomic E-state index is 11.5. The van der Waals surface area contributed by atoms with Crippen LogP contribution in [-0.4, -0.2) is 17.1 Å². The molecule has 1 aliphatic rings. The second kappa shape index (κ2) is 3.90. The first-order chi connectivity index (χ1) is 7.18. The molecule has 1 aromatic rings. The van der Waals surface area contributed by atoms with Crippen molar-refractivity contribution in [3.63, 3.8) is 0 Å². The summed E-state index contributed by atoms with van der Waals surface area (Å²) in [5.41, 5.74) is 0.953. The Morgan fingerprint density at radius 1 is 1.33 bits per heavy atom. The van der Waals surface area contributed by atoms with E-state index in [0.717, 1.165) is 5.56 Å². The smallest absolute Gasteiger partial charge is 0.305 e. The van der Waals surface area contributed by atoms with E-state index in [4.69, 9.17) is 4.84 Å². The zero-order valence-corrected chi connectivity index (χ0v) is 8.81. The van der Waals surface area contributed by atoms with Crippen LogP contribution in [0.25, 0.3) is 0 Å². The summed E-state index contributed by atoms with van der Waals surface area (Å²) < 4.78 is 0. The Kier molecular flexibility index (Phi) is 2.60. The molecule has 80 valence electrons. The molecule has 1 aromatic carbocycles. The molecular weight excluding hydrogens is 192 g/mol. The minimum absolute atomic E-state index is 0.0405. The van der Waals surface area contributed by atoms with Gasteiger partial charge in [0.15, 0.2) is 6.23 Å². The van der Waals surface area contributed by atoms with E-state index in [1.165, 1.54) is 5.06 Å². The lowest BCUT2D eigenvalue weighted by atomic mass is 10.2. The summed E-state index contributed by atoms with van der Waals surface area (Å²) in [6.07, 6.45) is -0.360. The molecule has 0 aromatic heterocycles. The molecule has 4 heteroatoms. The van der Waals surface area contributed by atoms with Crippen LogP contribution in [0.15, 0.2) is 30.3 Å². The molecule has 1 saturated heterocycles. The van der Waals surface area contributed by atoms with Crippen molar-refractivity contribution in [1.29, 1.82) is 0 Å². The molecule has 1 N–H and O–H groups in total. The summed E-state index contributed by atoms with van der Waals surface area (Å²) in [4.78, 5) is 17.0. The van der Waals surface area contributed by atoms with Gasteiger partial charge in [-0.15, -0.1) is 0 Å². The minimum atomic E-state index is -0.360. The lowest BCUT2D eigenvalue weighted by Gasteiger charge is -2.17. The summed E-state index contributed by atoms with van der Waals surface area (Å²) in [5.74, 6) is 0. The van der Waals surface area contributed by atoms with E-state index in [2.05, 4.69) is 5.32 Å². The second-order valence-electron chi connectivity index (χ2n) is 3.77. The molecule has 1 aliphatic heterocycles. The van der Waals surface area contributed by atoms with E-state index in [0.29, 0.717) is 0 Å². The van der Waals surface area contributed by atoms with Gasteiger partial charge in [-0.1, -0.05) is 30.3 Å². The Labute approximate surface area is 88.8 Å². The van der Waals surface area contributed by atoms with Crippen LogP contribution < -0.4 is 5.32 Å². The third-order valence-corrected chi connectivity index (χ3v) is 2.25. The Morgan fingerprint density at radius 2 is 2.00 bits per heavy atom. The van der Waals surface area contributed by atoms with Crippen LogP contribution in [0, 0.1) is 0 Å². The third-order valence-electron chi connectivity index (χ3n) is 2.25. The van der Waals surface area contributed by atoms with Crippen molar-refractivity contribution in [1.82, 2.24) is 10.4 Å². The number of hydrogen-bond acceptors (Lipinski definition) is 2. The minimum Gasteiger partial charge on any atom is -0.305 e. The fourth-order valence-corrected chi connectivity index (χ4v) is 1.49. The van der Waals surface area contributed by atoms with Crippen LogP contribution in [0.1, 0.15) is 25.6 Å². The summed E-state index contributed by atoms with van der Waals surface area (Å²) in [5, 5.41) is 4.13. The summed E-state index contributed by atoms with van der Waals surface area (Å²) in [7, 11) is 0. The normalized spacial score (nSPS) is 20.9. The molecule has 1 atom stereocenters. The number of nitrogens with one attached hydrogen (secondary N) is 1. The largest absolute Gasteiger partial charge is 0.344 e. The van der Waals surface area contributed by atoms with Gasteiger partial charge in [-0.2, -0.15) is 5.06 Å². The van der Waals surface area contributed by atoms with Crippen molar-refractivity contribution in [3.8, 4) is 0 Å². The number of carbonyl (C=O) groups is 1. The first-order valence-electron chi connectivity index (χ1n) is 5.00. The quantitative estimate of drug-likeness (QED) is 0.804. The number of benzene rings is 1. The number of urea groups is 1. The number of hydroxylamine groups is 2. The molecular formula is C11H14N2O2. The lowest BCUT2D eigenvalue weighted by Crippen LogP contribution is -2.33. The van der Waals surface area contributed by atoms with Crippen LogP contribution in [0.3, 0.4) is 0 Å². The third kappa shape index (κ3) is 1.94. The molecule has 0 aliphatic carbocycles. The average molecular weight is 206 g/mol. The van der Waals surface area contributed by atoms with E-state index < -0.39 is 0 Å². The van der Waals surface area contributed by atoms with Gasteiger partial charge in [0.05, 0.1) is 6.04 Å². The zero-order chi connectivity index (χ0) is 10.8. The molecule has 1 fully saturated rings. The topological polar surface area (TPSA) is 41.6 Å². The standard InChI is InChI=1S/C11H14N2O2/c1-8(2)13-11(14)12-10(15-13)9-6-4-3-5-7-9/h3-8,10H,1-2H3,(H,12,14). The van der Waals surface area contributed by atoms with Crippen LogP contribution in [-0.2, 0) is 4.84 Å². The van der Waals surface area contributed by atoms with Crippen molar-refractivity contribution < 1.29 is 9.63 Å². The molecule has 0 spiro atoms. The molecule has 0 saturated carbocycles. The molecule has 15 heavy (non-hydrogen) atoms. The maximum Gasteiger partial charge on any atom is 0.344 e. The van der Waals surface area contributed by atoms with Gasteiger partial charge in [0.25, 0.3) is 0 Å². The average Bonchev–Trinajstić information content (AvgIpc) is 2.62. The van der Waals surface area contributed by atoms with Gasteiger partial charge in [-0.05, 0) is 13.8 Å². The molecule has 4 nitrogen and oxygen atoms in total. The molecule has 2 amide bonds. The predicted octanol–water partition coefficient (Wildman–Crippen LogP) is 2.05. The maximum atomic E-state index is 11.5. The van der Waals surface area contributed by atoms with Crippen LogP contribution in [0.5, 0.6) is 0 Å². The van der Waals surface area contributed by atoms with Gasteiger partial charge in [0, 0.05) is 5.56 Å². The number of carbonyl (C=O) groups excluding carboxylic acids is 1. The Hall–Kier alpha value is -1.55. The molecule has 0 bridgehead atoms. The van der Waals surface area contributed by atoms with Crippen LogP contribution >= 0.6 is 0 Å². The summed E-state index contributed by atoms with van der Waals surface area (Å²) in [6.45, 7) is 3.82. The van der Waals surface area contributed by atoms with E-state index in [1.807, 2.05) is 44.2 Å². The van der Waals surface area contributed by atoms with Gasteiger partial charge in [0.2, 0.25) is 0 Å². The van der Waals surface area contributed by atoms with Crippen molar-refractivity contribution >= 4 is 6.03 Å². The first-order valence-corrected chi connectivity index (χ1v) is 5.00. The fraction of sp³-hybridized carbons (Fsp3) is 0.364. The molecule has 1 unspecified atom stereocenters. The fourth-order valence-electron chi connectivity index (χ4n) is 1.49. The molecule has 0 radical (unpaired) electrons. The predicted molar refractivity (Wildman–Crippen MR) is 55.8 cm³/mol. The van der Waals surface area contributed by atoms with Crippen molar-refractivity contribution in [2.45, 2.75) is 26.1 Å². The Bertz CT molecular complexity index is 351. The highest BCUT2D eigenvalue weighted by atomic mass is 16.7. The summed E-state index contributed by atoms with van der Waals surface area (Å²) >= 11 is 0. The lowest BCUT2D eigenvalue weighted by molar-refractivity contribution is -0.144. The van der Waals surface area contributed by atoms with E-state index in [9.17, 15) is 4.79 Å². The Balaban J connectivity index is 2.13. The van der Waals surface area contributed by atoms with Gasteiger partial charge in [-0.25, -0.2) is 9.63 Å². The van der Waals surface area contributed by atoms with Gasteiger partial charge in [0.1, 0.15) is 0 Å². The molecule has 1 heterocycles. The highest BCUT2D eigenvalue weighted by Gasteiger charge is 2.32. The monoisotopic (exact) mass is 206 g/mol. The second-order valence-corrected chi connectivity index (χ2v) is 3.77. The zero-order valence-electron chi connectivity index (χ0n) is 8.81. The van der Waals surface area contributed by atoms with E-state index in [1.54, 1.807) is 0 Å².